The molecule has 3 aromatic carbocycles. The van der Waals surface area contributed by atoms with Crippen LogP contribution in [0.2, 0.25) is 0 Å². The van der Waals surface area contributed by atoms with Crippen molar-refractivity contribution >= 4 is 11.8 Å². The number of hydrogen-bond acceptors (Lipinski definition) is 4. The molecular weight excluding hydrogens is 436 g/mol. The van der Waals surface area contributed by atoms with Gasteiger partial charge in [-0.3, -0.25) is 14.5 Å². The van der Waals surface area contributed by atoms with Crippen molar-refractivity contribution in [1.29, 1.82) is 0 Å². The highest BCUT2D eigenvalue weighted by Gasteiger charge is 2.41. The van der Waals surface area contributed by atoms with Crippen molar-refractivity contribution in [2.24, 2.45) is 5.92 Å². The zero-order valence-corrected chi connectivity index (χ0v) is 20.0. The number of benzene rings is 3. The molecule has 2 heterocycles. The van der Waals surface area contributed by atoms with Crippen molar-refractivity contribution < 1.29 is 14.7 Å². The van der Waals surface area contributed by atoms with E-state index in [4.69, 9.17) is 0 Å². The van der Waals surface area contributed by atoms with Gasteiger partial charge in [-0.15, -0.1) is 0 Å². The molecule has 1 saturated heterocycles. The molecule has 0 radical (unpaired) electrons. The molecule has 0 unspecified atom stereocenters. The van der Waals surface area contributed by atoms with Crippen LogP contribution >= 0.6 is 0 Å². The fraction of sp³-hybridized carbons (Fsp3) is 0.333. The van der Waals surface area contributed by atoms with Crippen molar-refractivity contribution in [2.45, 2.75) is 31.3 Å². The lowest BCUT2D eigenvalue weighted by atomic mass is 9.72. The molecule has 0 saturated carbocycles. The maximum atomic E-state index is 12.5. The van der Waals surface area contributed by atoms with Crippen molar-refractivity contribution in [1.82, 2.24) is 9.80 Å². The second-order valence-corrected chi connectivity index (χ2v) is 9.63. The predicted octanol–water partition coefficient (Wildman–Crippen LogP) is 4.71. The summed E-state index contributed by atoms with van der Waals surface area (Å²) in [4.78, 5) is 28.9. The van der Waals surface area contributed by atoms with E-state index in [1.54, 1.807) is 24.3 Å². The van der Waals surface area contributed by atoms with Gasteiger partial charge >= 0.3 is 0 Å². The molecular formula is C30H32N2O3. The Morgan fingerprint density at radius 1 is 0.686 bits per heavy atom. The molecule has 1 fully saturated rings. The first-order valence-corrected chi connectivity index (χ1v) is 12.6. The first kappa shape index (κ1) is 23.5. The quantitative estimate of drug-likeness (QED) is 0.384. The summed E-state index contributed by atoms with van der Waals surface area (Å²) in [5.41, 5.74) is 1.93. The SMILES string of the molecule is O=C1c2ccccc2C(=O)N1CCCCN1CCC(C(O)(c2ccccc2)c2ccccc2)CC1. The van der Waals surface area contributed by atoms with E-state index in [0.29, 0.717) is 17.7 Å². The van der Waals surface area contributed by atoms with Crippen LogP contribution < -0.4 is 0 Å². The Morgan fingerprint density at radius 2 is 1.14 bits per heavy atom. The lowest BCUT2D eigenvalue weighted by Crippen LogP contribution is -2.44. The molecule has 5 rings (SSSR count). The Labute approximate surface area is 207 Å². The highest BCUT2D eigenvalue weighted by atomic mass is 16.3. The van der Waals surface area contributed by atoms with E-state index in [0.717, 1.165) is 56.4 Å². The summed E-state index contributed by atoms with van der Waals surface area (Å²) < 4.78 is 0. The van der Waals surface area contributed by atoms with Crippen LogP contribution in [-0.2, 0) is 5.60 Å². The fourth-order valence-corrected chi connectivity index (χ4v) is 5.64. The van der Waals surface area contributed by atoms with Crippen LogP contribution in [0.1, 0.15) is 57.5 Å². The number of carbonyl (C=O) groups is 2. The van der Waals surface area contributed by atoms with Crippen LogP contribution in [0.15, 0.2) is 84.9 Å². The summed E-state index contributed by atoms with van der Waals surface area (Å²) >= 11 is 0. The van der Waals surface area contributed by atoms with Gasteiger partial charge in [-0.05, 0) is 74.5 Å². The molecule has 2 aliphatic heterocycles. The molecule has 3 aromatic rings. The predicted molar refractivity (Wildman–Crippen MR) is 136 cm³/mol. The molecule has 0 aliphatic carbocycles. The van der Waals surface area contributed by atoms with Gasteiger partial charge in [0.15, 0.2) is 0 Å². The van der Waals surface area contributed by atoms with E-state index in [1.807, 2.05) is 60.7 Å². The molecule has 0 atom stereocenters. The minimum absolute atomic E-state index is 0.141. The van der Waals surface area contributed by atoms with E-state index in [9.17, 15) is 14.7 Å². The first-order chi connectivity index (χ1) is 17.1. The van der Waals surface area contributed by atoms with Crippen molar-refractivity contribution in [3.05, 3.63) is 107 Å². The summed E-state index contributed by atoms with van der Waals surface area (Å²) in [5, 5.41) is 12.0. The van der Waals surface area contributed by atoms with Crippen LogP contribution in [0.4, 0.5) is 0 Å². The van der Waals surface area contributed by atoms with Gasteiger partial charge in [-0.2, -0.15) is 0 Å². The number of unbranched alkanes of at least 4 members (excludes halogenated alkanes) is 1. The smallest absolute Gasteiger partial charge is 0.261 e. The van der Waals surface area contributed by atoms with Crippen LogP contribution in [0.3, 0.4) is 0 Å². The van der Waals surface area contributed by atoms with E-state index in [2.05, 4.69) is 4.90 Å². The van der Waals surface area contributed by atoms with E-state index in [1.165, 1.54) is 4.90 Å². The number of aliphatic hydroxyl groups is 1. The molecule has 0 spiro atoms. The second kappa shape index (κ2) is 10.1. The molecule has 0 aromatic heterocycles. The minimum Gasteiger partial charge on any atom is -0.380 e. The fourth-order valence-electron chi connectivity index (χ4n) is 5.64. The Kier molecular flexibility index (Phi) is 6.80. The molecule has 2 amide bonds. The molecule has 180 valence electrons. The summed E-state index contributed by atoms with van der Waals surface area (Å²) in [7, 11) is 0. The van der Waals surface area contributed by atoms with Crippen molar-refractivity contribution in [3.8, 4) is 0 Å². The highest BCUT2D eigenvalue weighted by molar-refractivity contribution is 6.21. The Hall–Kier alpha value is -3.28. The first-order valence-electron chi connectivity index (χ1n) is 12.6. The van der Waals surface area contributed by atoms with Gasteiger partial charge in [0.05, 0.1) is 11.1 Å². The van der Waals surface area contributed by atoms with Gasteiger partial charge in [-0.25, -0.2) is 0 Å². The largest absolute Gasteiger partial charge is 0.380 e. The van der Waals surface area contributed by atoms with Gasteiger partial charge in [0, 0.05) is 6.54 Å². The number of fused-ring (bicyclic) bond motifs is 1. The van der Waals surface area contributed by atoms with Gasteiger partial charge in [0.1, 0.15) is 5.60 Å². The maximum Gasteiger partial charge on any atom is 0.261 e. The van der Waals surface area contributed by atoms with Crippen molar-refractivity contribution in [3.63, 3.8) is 0 Å². The van der Waals surface area contributed by atoms with Gasteiger partial charge in [0.25, 0.3) is 11.8 Å². The van der Waals surface area contributed by atoms with Gasteiger partial charge in [0.2, 0.25) is 0 Å². The second-order valence-electron chi connectivity index (χ2n) is 9.63. The van der Waals surface area contributed by atoms with Crippen LogP contribution in [0, 0.1) is 5.92 Å². The lowest BCUT2D eigenvalue weighted by molar-refractivity contribution is -0.0143. The summed E-state index contributed by atoms with van der Waals surface area (Å²) in [5.74, 6) is -0.207. The number of carbonyl (C=O) groups excluding carboxylic acids is 2. The van der Waals surface area contributed by atoms with Crippen LogP contribution in [-0.4, -0.2) is 52.9 Å². The zero-order chi connectivity index (χ0) is 24.3. The summed E-state index contributed by atoms with van der Waals surface area (Å²) in [6.45, 7) is 3.26. The van der Waals surface area contributed by atoms with E-state index in [-0.39, 0.29) is 17.7 Å². The third-order valence-corrected chi connectivity index (χ3v) is 7.59. The maximum absolute atomic E-state index is 12.5. The minimum atomic E-state index is -1.000. The van der Waals surface area contributed by atoms with Crippen LogP contribution in [0.5, 0.6) is 0 Å². The topological polar surface area (TPSA) is 60.9 Å². The third kappa shape index (κ3) is 4.54. The van der Waals surface area contributed by atoms with E-state index >= 15 is 0 Å². The Bertz CT molecular complexity index is 1100. The third-order valence-electron chi connectivity index (χ3n) is 7.59. The normalized spacial score (nSPS) is 17.1. The number of amides is 2. The molecule has 5 heteroatoms. The average Bonchev–Trinajstić information content (AvgIpc) is 3.17. The standard InChI is InChI=1S/C30H32N2O3/c33-28-26-15-7-8-16-27(26)29(34)32(28)20-10-9-19-31-21-17-25(18-22-31)30(35,23-11-3-1-4-12-23)24-13-5-2-6-14-24/h1-8,11-16,25,35H,9-10,17-22H2. The number of hydrogen-bond donors (Lipinski definition) is 1. The number of imide groups is 1. The number of rotatable bonds is 8. The molecule has 5 nitrogen and oxygen atoms in total. The van der Waals surface area contributed by atoms with Crippen molar-refractivity contribution in [2.75, 3.05) is 26.2 Å². The summed E-state index contributed by atoms with van der Waals surface area (Å²) in [6, 6.07) is 27.1. The van der Waals surface area contributed by atoms with E-state index < -0.39 is 5.60 Å². The van der Waals surface area contributed by atoms with Gasteiger partial charge < -0.3 is 10.0 Å². The lowest BCUT2D eigenvalue weighted by Gasteiger charge is -2.42. The number of nitrogens with zero attached hydrogens (tertiary/aromatic N) is 2. The molecule has 0 bridgehead atoms. The van der Waals surface area contributed by atoms with Crippen LogP contribution in [0.25, 0.3) is 0 Å². The number of piperidine rings is 1. The highest BCUT2D eigenvalue weighted by Crippen LogP contribution is 2.41. The Balaban J connectivity index is 1.15. The number of likely N-dealkylation sites (tertiary alicyclic amines) is 1. The monoisotopic (exact) mass is 468 g/mol. The zero-order valence-electron chi connectivity index (χ0n) is 20.0. The molecule has 2 aliphatic rings. The van der Waals surface area contributed by atoms with Gasteiger partial charge in [-0.1, -0.05) is 72.8 Å². The summed E-state index contributed by atoms with van der Waals surface area (Å²) in [6.07, 6.45) is 3.56. The molecule has 1 N–H and O–H groups in total. The molecule has 35 heavy (non-hydrogen) atoms. The Morgan fingerprint density at radius 3 is 1.66 bits per heavy atom. The average molecular weight is 469 g/mol.